The van der Waals surface area contributed by atoms with Gasteiger partial charge in [0.1, 0.15) is 0 Å². The molecular weight excluding hydrogens is 466 g/mol. The van der Waals surface area contributed by atoms with Crippen molar-refractivity contribution >= 4 is 40.8 Å². The summed E-state index contributed by atoms with van der Waals surface area (Å²) in [5.74, 6) is -0.413. The minimum absolute atomic E-state index is 0.201. The van der Waals surface area contributed by atoms with E-state index in [4.69, 9.17) is 11.6 Å². The molecule has 1 aliphatic rings. The Kier molecular flexibility index (Phi) is 5.92. The van der Waals surface area contributed by atoms with Gasteiger partial charge in [0.05, 0.1) is 17.7 Å². The molecule has 176 valence electrons. The molecule has 2 aromatic heterocycles. The van der Waals surface area contributed by atoms with Gasteiger partial charge < -0.3 is 15.6 Å². The van der Waals surface area contributed by atoms with Crippen LogP contribution < -0.4 is 10.6 Å². The van der Waals surface area contributed by atoms with Crippen LogP contribution in [-0.2, 0) is 11.3 Å². The van der Waals surface area contributed by atoms with Crippen molar-refractivity contribution in [1.82, 2.24) is 30.5 Å². The number of nitrogens with zero attached hydrogens (tertiary/aromatic N) is 4. The van der Waals surface area contributed by atoms with Gasteiger partial charge in [0.2, 0.25) is 0 Å². The summed E-state index contributed by atoms with van der Waals surface area (Å²) in [7, 11) is 0. The van der Waals surface area contributed by atoms with E-state index in [-0.39, 0.29) is 11.8 Å². The van der Waals surface area contributed by atoms with Crippen LogP contribution in [0, 0.1) is 13.8 Å². The summed E-state index contributed by atoms with van der Waals surface area (Å²) in [6.07, 6.45) is 3.14. The first-order valence-electron chi connectivity index (χ1n) is 11.0. The lowest BCUT2D eigenvalue weighted by atomic mass is 9.94. The normalized spacial score (nSPS) is 13.7. The second kappa shape index (κ2) is 9.19. The first-order chi connectivity index (χ1) is 16.9. The van der Waals surface area contributed by atoms with Crippen molar-refractivity contribution in [3.8, 4) is 11.1 Å². The van der Waals surface area contributed by atoms with E-state index in [0.29, 0.717) is 40.6 Å². The van der Waals surface area contributed by atoms with E-state index in [2.05, 4.69) is 31.0 Å². The minimum Gasteiger partial charge on any atom is -0.358 e. The Morgan fingerprint density at radius 3 is 2.80 bits per heavy atom. The van der Waals surface area contributed by atoms with Crippen molar-refractivity contribution in [3.05, 3.63) is 81.9 Å². The molecule has 1 aliphatic heterocycles. The number of halogens is 1. The van der Waals surface area contributed by atoms with Gasteiger partial charge in [0.15, 0.2) is 6.33 Å². The Balaban J connectivity index is 1.47. The molecule has 3 N–H and O–H groups in total. The number of fused-ring (bicyclic) bond motifs is 1. The topological polar surface area (TPSA) is 118 Å². The summed E-state index contributed by atoms with van der Waals surface area (Å²) in [6, 6.07) is 13.3. The molecule has 2 amide bonds. The summed E-state index contributed by atoms with van der Waals surface area (Å²) < 4.78 is 0. The molecule has 3 heterocycles. The van der Waals surface area contributed by atoms with Gasteiger partial charge in [-0.05, 0) is 60.0 Å². The van der Waals surface area contributed by atoms with E-state index in [9.17, 15) is 9.59 Å². The number of nitrogens with one attached hydrogen (secondary N) is 3. The fourth-order valence-corrected chi connectivity index (χ4v) is 4.53. The van der Waals surface area contributed by atoms with Gasteiger partial charge in [-0.3, -0.25) is 9.59 Å². The van der Waals surface area contributed by atoms with Crippen LogP contribution in [0.25, 0.3) is 22.8 Å². The number of amides is 2. The van der Waals surface area contributed by atoms with Gasteiger partial charge in [-0.15, -0.1) is 10.2 Å². The molecule has 0 radical (unpaired) electrons. The predicted octanol–water partition coefficient (Wildman–Crippen LogP) is 3.86. The monoisotopic (exact) mass is 487 g/mol. The minimum atomic E-state index is -0.211. The second-order valence-electron chi connectivity index (χ2n) is 8.20. The Labute approximate surface area is 206 Å². The van der Waals surface area contributed by atoms with E-state index in [1.807, 2.05) is 56.3 Å². The molecule has 2 aromatic carbocycles. The van der Waals surface area contributed by atoms with Gasteiger partial charge in [0, 0.05) is 34.2 Å². The molecule has 5 rings (SSSR count). The van der Waals surface area contributed by atoms with Crippen molar-refractivity contribution < 1.29 is 9.59 Å². The van der Waals surface area contributed by atoms with Gasteiger partial charge in [-0.25, -0.2) is 0 Å². The molecule has 0 fully saturated rings. The zero-order valence-electron chi connectivity index (χ0n) is 19.1. The zero-order valence-corrected chi connectivity index (χ0v) is 19.8. The van der Waals surface area contributed by atoms with Crippen LogP contribution >= 0.6 is 11.6 Å². The quantitative estimate of drug-likeness (QED) is 0.357. The number of benzene rings is 2. The number of H-pyrrole nitrogens is 1. The molecule has 0 saturated heterocycles. The number of carbonyl (C=O) groups is 2. The highest BCUT2D eigenvalue weighted by molar-refractivity contribution is 6.36. The van der Waals surface area contributed by atoms with Crippen molar-refractivity contribution in [3.63, 3.8) is 0 Å². The number of aromatic nitrogens is 5. The van der Waals surface area contributed by atoms with Crippen LogP contribution in [-0.4, -0.2) is 43.6 Å². The van der Waals surface area contributed by atoms with Crippen molar-refractivity contribution in [1.29, 1.82) is 0 Å². The lowest BCUT2D eigenvalue weighted by Crippen LogP contribution is -2.28. The third-order valence-electron chi connectivity index (χ3n) is 5.94. The van der Waals surface area contributed by atoms with Gasteiger partial charge >= 0.3 is 0 Å². The molecule has 0 aliphatic carbocycles. The predicted molar refractivity (Wildman–Crippen MR) is 134 cm³/mol. The molecule has 0 spiro atoms. The van der Waals surface area contributed by atoms with Crippen molar-refractivity contribution in [2.75, 3.05) is 11.9 Å². The highest BCUT2D eigenvalue weighted by Gasteiger charge is 2.28. The van der Waals surface area contributed by atoms with E-state index in [1.165, 1.54) is 11.1 Å². The molecule has 10 heteroatoms. The number of aryl methyl sites for hydroxylation is 1. The average molecular weight is 488 g/mol. The van der Waals surface area contributed by atoms with Crippen LogP contribution in [0.1, 0.15) is 32.9 Å². The number of rotatable bonds is 6. The van der Waals surface area contributed by atoms with E-state index in [1.54, 1.807) is 6.08 Å². The lowest BCUT2D eigenvalue weighted by molar-refractivity contribution is -0.110. The number of tetrazole rings is 1. The Hall–Kier alpha value is -4.24. The summed E-state index contributed by atoms with van der Waals surface area (Å²) >= 11 is 6.22. The fraction of sp³-hybridized carbons (Fsp3) is 0.160. The van der Waals surface area contributed by atoms with Crippen LogP contribution in [0.5, 0.6) is 0 Å². The van der Waals surface area contributed by atoms with Crippen LogP contribution in [0.4, 0.5) is 5.69 Å². The SMILES string of the molecule is Cc1[nH]c(/C=C2\C(=O)Nc3cccc(-c4cccc(Cl)c4)c32)c(C)c1C(=O)NCCn1ncnn1. The highest BCUT2D eigenvalue weighted by Crippen LogP contribution is 2.41. The first-order valence-corrected chi connectivity index (χ1v) is 11.4. The van der Waals surface area contributed by atoms with Gasteiger partial charge in [-0.2, -0.15) is 4.80 Å². The maximum absolute atomic E-state index is 13.0. The van der Waals surface area contributed by atoms with Crippen LogP contribution in [0.15, 0.2) is 48.8 Å². The first kappa shape index (κ1) is 22.5. The molecule has 9 nitrogen and oxygen atoms in total. The largest absolute Gasteiger partial charge is 0.358 e. The van der Waals surface area contributed by atoms with Gasteiger partial charge in [0.25, 0.3) is 11.8 Å². The Bertz CT molecular complexity index is 1470. The maximum Gasteiger partial charge on any atom is 0.256 e. The Morgan fingerprint density at radius 2 is 2.03 bits per heavy atom. The molecule has 0 atom stereocenters. The molecule has 35 heavy (non-hydrogen) atoms. The van der Waals surface area contributed by atoms with Gasteiger partial charge in [-0.1, -0.05) is 35.9 Å². The molecule has 4 aromatic rings. The molecule has 0 bridgehead atoms. The summed E-state index contributed by atoms with van der Waals surface area (Å²) in [5, 5.41) is 17.8. The Morgan fingerprint density at radius 1 is 1.20 bits per heavy atom. The summed E-state index contributed by atoms with van der Waals surface area (Å²) in [5.41, 5.74) is 6.59. The second-order valence-corrected chi connectivity index (χ2v) is 8.64. The van der Waals surface area contributed by atoms with Crippen molar-refractivity contribution in [2.45, 2.75) is 20.4 Å². The third kappa shape index (κ3) is 4.33. The molecular formula is C25H22ClN7O2. The number of hydrogen-bond donors (Lipinski definition) is 3. The summed E-state index contributed by atoms with van der Waals surface area (Å²) in [6.45, 7) is 4.46. The number of hydrogen-bond acceptors (Lipinski definition) is 5. The third-order valence-corrected chi connectivity index (χ3v) is 6.18. The van der Waals surface area contributed by atoms with Crippen molar-refractivity contribution in [2.24, 2.45) is 0 Å². The molecule has 0 unspecified atom stereocenters. The highest BCUT2D eigenvalue weighted by atomic mass is 35.5. The van der Waals surface area contributed by atoms with E-state index < -0.39 is 0 Å². The van der Waals surface area contributed by atoms with Crippen LogP contribution in [0.3, 0.4) is 0 Å². The average Bonchev–Trinajstić information content (AvgIpc) is 3.52. The zero-order chi connectivity index (χ0) is 24.5. The standard InChI is InChI=1S/C25H22ClN7O2/c1-14-21(30-15(2)22(14)25(35)27-9-10-33-29-13-28-32-33)12-19-23-18(16-5-3-6-17(26)11-16)7-4-8-20(23)31-24(19)34/h3-8,11-13,30H,9-10H2,1-2H3,(H,27,35)(H,31,34)/b19-12-. The van der Waals surface area contributed by atoms with Crippen LogP contribution in [0.2, 0.25) is 5.02 Å². The number of aromatic amines is 1. The lowest BCUT2D eigenvalue weighted by Gasteiger charge is -2.09. The summed E-state index contributed by atoms with van der Waals surface area (Å²) in [4.78, 5) is 30.5. The number of anilines is 1. The number of carbonyl (C=O) groups excluding carboxylic acids is 2. The fourth-order valence-electron chi connectivity index (χ4n) is 4.34. The smallest absolute Gasteiger partial charge is 0.256 e. The van der Waals surface area contributed by atoms with E-state index in [0.717, 1.165) is 27.9 Å². The van der Waals surface area contributed by atoms with E-state index >= 15 is 0 Å². The molecule has 0 saturated carbocycles. The maximum atomic E-state index is 13.0.